The first-order valence-corrected chi connectivity index (χ1v) is 22.7. The number of carbonyl (C=O) groups is 2. The van der Waals surface area contributed by atoms with E-state index in [0.29, 0.717) is 44.5 Å². The van der Waals surface area contributed by atoms with E-state index in [4.69, 9.17) is 46.7 Å². The van der Waals surface area contributed by atoms with Crippen LogP contribution in [0.2, 0.25) is 0 Å². The number of amides is 2. The summed E-state index contributed by atoms with van der Waals surface area (Å²) in [5, 5.41) is 49.1. The van der Waals surface area contributed by atoms with Crippen molar-refractivity contribution in [3.63, 3.8) is 0 Å². The number of aryl methyl sites for hydroxylation is 2. The number of carbonyl (C=O) groups excluding carboxylic acids is 2. The molecule has 0 saturated carbocycles. The molecule has 0 unspecified atom stereocenters. The fraction of sp³-hybridized carbons (Fsp3) is 0.385. The summed E-state index contributed by atoms with van der Waals surface area (Å²) in [5.41, 5.74) is -2.17. The number of anilines is 2. The quantitative estimate of drug-likeness (QED) is 0.0811. The fourth-order valence-electron chi connectivity index (χ4n) is 9.21. The SMILES string of the molecule is COc1ccc(C(=O)Nc2cc3ccc(O[C@@H]4OC(C)(C)[C@H](OC)[C@@H](O)[C@H]4O)c(C)c3oc2=O)cc1-c1cc(C(=O)Nc2cc3ccc(O[C@@H]4OC(C)(C)[C@H](OC)[C@@H](O)[C@H]4O)c(C)c3oc2=O)ccc1OC. The smallest absolute Gasteiger partial charge is 0.360 e. The van der Waals surface area contributed by atoms with Crippen LogP contribution < -0.4 is 40.8 Å². The van der Waals surface area contributed by atoms with Crippen LogP contribution in [0.1, 0.15) is 59.5 Å². The molecule has 0 radical (unpaired) electrons. The first-order chi connectivity index (χ1) is 34.1. The van der Waals surface area contributed by atoms with E-state index < -0.39 is 83.5 Å². The molecule has 2 amide bonds. The van der Waals surface area contributed by atoms with Gasteiger partial charge in [-0.2, -0.15) is 0 Å². The van der Waals surface area contributed by atoms with Crippen molar-refractivity contribution in [2.45, 2.75) is 102 Å². The molecule has 0 bridgehead atoms. The van der Waals surface area contributed by atoms with Gasteiger partial charge in [-0.3, -0.25) is 9.59 Å². The molecule has 2 fully saturated rings. The van der Waals surface area contributed by atoms with E-state index in [1.165, 1.54) is 77.0 Å². The number of rotatable bonds is 13. The molecule has 2 aliphatic heterocycles. The van der Waals surface area contributed by atoms with Crippen LogP contribution in [0.25, 0.3) is 33.1 Å². The number of benzene rings is 4. The summed E-state index contributed by atoms with van der Waals surface area (Å²) in [6.45, 7) is 10.1. The Kier molecular flexibility index (Phi) is 14.3. The topological polar surface area (TPSA) is 273 Å². The average Bonchev–Trinajstić information content (AvgIpc) is 3.34. The molecular formula is C52H56N2O18. The highest BCUT2D eigenvalue weighted by Gasteiger charge is 2.52. The van der Waals surface area contributed by atoms with Crippen LogP contribution in [0.4, 0.5) is 11.4 Å². The highest BCUT2D eigenvalue weighted by molar-refractivity contribution is 6.07. The molecule has 72 heavy (non-hydrogen) atoms. The molecule has 0 aliphatic carbocycles. The molecule has 0 spiro atoms. The summed E-state index contributed by atoms with van der Waals surface area (Å²) >= 11 is 0. The maximum absolute atomic E-state index is 13.9. The van der Waals surface area contributed by atoms with E-state index in [1.807, 2.05) is 0 Å². The molecule has 6 aromatic rings. The van der Waals surface area contributed by atoms with Crippen molar-refractivity contribution >= 4 is 45.1 Å². The standard InChI is InChI=1S/C52H56N2O18/c1-23-33(67-49-39(57)37(55)43(65-9)51(3,4)71-49)15-11-25-21-31(47(61)69-41(23)25)53-45(59)27-13-17-35(63-7)29(19-27)30-20-28(14-18-36(30)64-8)46(60)54-32-22-26-12-16-34(24(2)42(26)70-48(32)62)68-50-40(58)38(56)44(66-10)52(5,6)72-50/h11-22,37-40,43-44,49-50,55-58H,1-10H3,(H,53,59)(H,54,60)/t37-,38-,39+,40+,43+,44+,49+,50+/m0/s1. The van der Waals surface area contributed by atoms with Gasteiger partial charge in [0.15, 0.2) is 0 Å². The Bertz CT molecular complexity index is 2970. The van der Waals surface area contributed by atoms with Crippen LogP contribution in [-0.2, 0) is 18.9 Å². The predicted molar refractivity (Wildman–Crippen MR) is 260 cm³/mol. The van der Waals surface area contributed by atoms with Gasteiger partial charge in [0.2, 0.25) is 12.6 Å². The molecule has 6 N–H and O–H groups in total. The zero-order chi connectivity index (χ0) is 52.1. The van der Waals surface area contributed by atoms with Crippen molar-refractivity contribution < 1.29 is 76.7 Å². The minimum Gasteiger partial charge on any atom is -0.496 e. The lowest BCUT2D eigenvalue weighted by Gasteiger charge is -2.46. The van der Waals surface area contributed by atoms with Crippen molar-refractivity contribution in [2.75, 3.05) is 39.1 Å². The van der Waals surface area contributed by atoms with E-state index in [9.17, 15) is 39.6 Å². The minimum atomic E-state index is -1.46. The van der Waals surface area contributed by atoms with E-state index >= 15 is 0 Å². The van der Waals surface area contributed by atoms with Gasteiger partial charge in [0.25, 0.3) is 11.8 Å². The number of hydrogen-bond acceptors (Lipinski definition) is 18. The third-order valence-corrected chi connectivity index (χ3v) is 13.0. The van der Waals surface area contributed by atoms with Gasteiger partial charge in [0, 0.05) is 58.4 Å². The highest BCUT2D eigenvalue weighted by Crippen LogP contribution is 2.40. The summed E-state index contributed by atoms with van der Waals surface area (Å²) in [7, 11) is 5.66. The second-order valence-corrected chi connectivity index (χ2v) is 18.5. The highest BCUT2D eigenvalue weighted by atomic mass is 16.7. The summed E-state index contributed by atoms with van der Waals surface area (Å²) in [6, 6.07) is 18.3. The van der Waals surface area contributed by atoms with Gasteiger partial charge in [-0.15, -0.1) is 0 Å². The lowest BCUT2D eigenvalue weighted by Crippen LogP contribution is -2.63. The van der Waals surface area contributed by atoms with E-state index in [2.05, 4.69) is 10.6 Å². The van der Waals surface area contributed by atoms with Crippen molar-refractivity contribution in [1.82, 2.24) is 0 Å². The maximum Gasteiger partial charge on any atom is 0.360 e. The van der Waals surface area contributed by atoms with Gasteiger partial charge in [-0.05, 0) is 114 Å². The summed E-state index contributed by atoms with van der Waals surface area (Å²) in [4.78, 5) is 54.5. The number of ether oxygens (including phenoxy) is 8. The first kappa shape index (κ1) is 51.5. The van der Waals surface area contributed by atoms with Crippen molar-refractivity contribution in [3.8, 4) is 34.1 Å². The van der Waals surface area contributed by atoms with E-state index in [-0.39, 0.29) is 45.2 Å². The Balaban J connectivity index is 1.01. The lowest BCUT2D eigenvalue weighted by molar-refractivity contribution is -0.306. The molecule has 4 heterocycles. The molecule has 8 rings (SSSR count). The van der Waals surface area contributed by atoms with Crippen LogP contribution >= 0.6 is 0 Å². The monoisotopic (exact) mass is 996 g/mol. The van der Waals surface area contributed by atoms with Crippen LogP contribution in [0.5, 0.6) is 23.0 Å². The van der Waals surface area contributed by atoms with Gasteiger partial charge in [-0.1, -0.05) is 0 Å². The maximum atomic E-state index is 13.9. The zero-order valence-corrected chi connectivity index (χ0v) is 41.1. The van der Waals surface area contributed by atoms with Crippen molar-refractivity contribution in [1.29, 1.82) is 0 Å². The van der Waals surface area contributed by atoms with E-state index in [0.717, 1.165) is 0 Å². The largest absolute Gasteiger partial charge is 0.496 e. The Morgan fingerprint density at radius 3 is 1.24 bits per heavy atom. The lowest BCUT2D eigenvalue weighted by atomic mass is 9.89. The molecule has 382 valence electrons. The van der Waals surface area contributed by atoms with Gasteiger partial charge >= 0.3 is 11.3 Å². The van der Waals surface area contributed by atoms with Crippen LogP contribution in [0.3, 0.4) is 0 Å². The zero-order valence-electron chi connectivity index (χ0n) is 41.1. The Morgan fingerprint density at radius 1 is 0.528 bits per heavy atom. The van der Waals surface area contributed by atoms with Crippen LogP contribution in [0, 0.1) is 13.8 Å². The van der Waals surface area contributed by atoms with Crippen LogP contribution in [0.15, 0.2) is 91.2 Å². The van der Waals surface area contributed by atoms with Gasteiger partial charge in [0.1, 0.15) is 82.2 Å². The summed E-state index contributed by atoms with van der Waals surface area (Å²) in [6.07, 6.45) is -9.76. The second-order valence-electron chi connectivity index (χ2n) is 18.5. The molecule has 20 heteroatoms. The Hall–Kier alpha value is -6.88. The van der Waals surface area contributed by atoms with Crippen molar-refractivity contribution in [2.24, 2.45) is 0 Å². The summed E-state index contributed by atoms with van der Waals surface area (Å²) in [5.74, 6) is -0.329. The normalized spacial score (nSPS) is 23.6. The van der Waals surface area contributed by atoms with Gasteiger partial charge in [-0.25, -0.2) is 9.59 Å². The summed E-state index contributed by atoms with van der Waals surface area (Å²) < 4.78 is 57.3. The number of hydrogen-bond donors (Lipinski definition) is 6. The third-order valence-electron chi connectivity index (χ3n) is 13.0. The minimum absolute atomic E-state index is 0.0928. The number of fused-ring (bicyclic) bond motifs is 2. The molecule has 8 atom stereocenters. The molecule has 2 saturated heterocycles. The first-order valence-electron chi connectivity index (χ1n) is 22.7. The second kappa shape index (κ2) is 20.0. The van der Waals surface area contributed by atoms with Crippen LogP contribution in [-0.4, -0.2) is 121 Å². The fourth-order valence-corrected chi connectivity index (χ4v) is 9.21. The van der Waals surface area contributed by atoms with E-state index in [1.54, 1.807) is 65.8 Å². The molecule has 4 aromatic carbocycles. The third kappa shape index (κ3) is 9.62. The molecule has 2 aliphatic rings. The molecule has 20 nitrogen and oxygen atoms in total. The van der Waals surface area contributed by atoms with Gasteiger partial charge < -0.3 is 77.8 Å². The van der Waals surface area contributed by atoms with Crippen molar-refractivity contribution in [3.05, 3.63) is 116 Å². The van der Waals surface area contributed by atoms with Gasteiger partial charge in [0.05, 0.1) is 25.4 Å². The number of nitrogens with one attached hydrogen (secondary N) is 2. The predicted octanol–water partition coefficient (Wildman–Crippen LogP) is 5.21. The Labute approximate surface area is 411 Å². The Morgan fingerprint density at radius 2 is 0.889 bits per heavy atom. The number of aliphatic hydroxyl groups is 4. The number of aliphatic hydroxyl groups excluding tert-OH is 4. The molecule has 2 aromatic heterocycles. The molecular weight excluding hydrogens is 941 g/mol. The number of methoxy groups -OCH3 is 4. The average molecular weight is 997 g/mol.